The summed E-state index contributed by atoms with van der Waals surface area (Å²) >= 11 is 2.00. The highest BCUT2D eigenvalue weighted by Crippen LogP contribution is 2.21. The first-order valence-electron chi connectivity index (χ1n) is 5.26. The minimum Gasteiger partial charge on any atom is -0.377 e. The normalized spacial score (nSPS) is 34.2. The predicted octanol–water partition coefficient (Wildman–Crippen LogP) is 2.08. The molecule has 2 atom stereocenters. The van der Waals surface area contributed by atoms with E-state index >= 15 is 0 Å². The van der Waals surface area contributed by atoms with Crippen molar-refractivity contribution in [1.29, 1.82) is 0 Å². The zero-order chi connectivity index (χ0) is 8.93. The summed E-state index contributed by atoms with van der Waals surface area (Å²) in [5.74, 6) is 2.33. The summed E-state index contributed by atoms with van der Waals surface area (Å²) in [6.07, 6.45) is 6.10. The third-order valence-corrected chi connectivity index (χ3v) is 3.87. The molecule has 0 unspecified atom stereocenters. The van der Waals surface area contributed by atoms with Crippen molar-refractivity contribution in [2.45, 2.75) is 37.9 Å². The van der Waals surface area contributed by atoms with Crippen molar-refractivity contribution in [3.63, 3.8) is 0 Å². The Balaban J connectivity index is 1.52. The Morgan fingerprint density at radius 3 is 1.85 bits per heavy atom. The first-order valence-corrected chi connectivity index (χ1v) is 6.41. The third kappa shape index (κ3) is 3.15. The molecule has 0 bridgehead atoms. The van der Waals surface area contributed by atoms with Crippen LogP contribution in [0.3, 0.4) is 0 Å². The van der Waals surface area contributed by atoms with E-state index in [0.717, 1.165) is 13.2 Å². The molecule has 2 aliphatic heterocycles. The molecule has 0 amide bonds. The molecule has 0 aliphatic carbocycles. The molecular weight excluding hydrogens is 184 g/mol. The van der Waals surface area contributed by atoms with Crippen LogP contribution < -0.4 is 0 Å². The summed E-state index contributed by atoms with van der Waals surface area (Å²) in [6, 6.07) is 0. The second-order valence-electron chi connectivity index (χ2n) is 3.81. The maximum absolute atomic E-state index is 5.56. The van der Waals surface area contributed by atoms with Crippen molar-refractivity contribution in [1.82, 2.24) is 0 Å². The van der Waals surface area contributed by atoms with Crippen LogP contribution in [-0.4, -0.2) is 36.9 Å². The third-order valence-electron chi connectivity index (χ3n) is 2.66. The summed E-state index contributed by atoms with van der Waals surface area (Å²) in [5.41, 5.74) is 0. The Hall–Kier alpha value is 0.270. The molecule has 13 heavy (non-hydrogen) atoms. The van der Waals surface area contributed by atoms with E-state index in [4.69, 9.17) is 9.47 Å². The number of thioether (sulfide) groups is 1. The van der Waals surface area contributed by atoms with Gasteiger partial charge in [0, 0.05) is 24.7 Å². The van der Waals surface area contributed by atoms with Crippen LogP contribution in [0.2, 0.25) is 0 Å². The van der Waals surface area contributed by atoms with Gasteiger partial charge in [-0.2, -0.15) is 11.8 Å². The lowest BCUT2D eigenvalue weighted by molar-refractivity contribution is 0.125. The van der Waals surface area contributed by atoms with Crippen LogP contribution in [0, 0.1) is 0 Å². The number of hydrogen-bond donors (Lipinski definition) is 0. The molecule has 2 heterocycles. The molecule has 2 aliphatic rings. The molecular formula is C10H18O2S. The molecule has 3 heteroatoms. The molecule has 2 rings (SSSR count). The Kier molecular flexibility index (Phi) is 3.94. The van der Waals surface area contributed by atoms with E-state index < -0.39 is 0 Å². The lowest BCUT2D eigenvalue weighted by Crippen LogP contribution is -2.13. The summed E-state index contributed by atoms with van der Waals surface area (Å²) in [5, 5.41) is 0. The fraction of sp³-hybridized carbons (Fsp3) is 1.00. The molecule has 76 valence electrons. The number of rotatable bonds is 4. The zero-order valence-electron chi connectivity index (χ0n) is 8.04. The molecule has 0 aromatic carbocycles. The molecule has 0 saturated carbocycles. The van der Waals surface area contributed by atoms with E-state index in [9.17, 15) is 0 Å². The van der Waals surface area contributed by atoms with Gasteiger partial charge in [0.2, 0.25) is 0 Å². The monoisotopic (exact) mass is 202 g/mol. The van der Waals surface area contributed by atoms with Gasteiger partial charge in [-0.05, 0) is 25.7 Å². The fourth-order valence-electron chi connectivity index (χ4n) is 1.88. The maximum Gasteiger partial charge on any atom is 0.0666 e. The van der Waals surface area contributed by atoms with E-state index in [1.165, 1.54) is 37.2 Å². The lowest BCUT2D eigenvalue weighted by atomic mass is 10.3. The molecule has 0 radical (unpaired) electrons. The number of ether oxygens (including phenoxy) is 2. The van der Waals surface area contributed by atoms with Crippen molar-refractivity contribution < 1.29 is 9.47 Å². The average Bonchev–Trinajstić information content (AvgIpc) is 2.75. The number of hydrogen-bond acceptors (Lipinski definition) is 3. The lowest BCUT2D eigenvalue weighted by Gasteiger charge is -2.11. The van der Waals surface area contributed by atoms with Gasteiger partial charge in [-0.3, -0.25) is 0 Å². The molecule has 2 saturated heterocycles. The van der Waals surface area contributed by atoms with Crippen molar-refractivity contribution in [2.75, 3.05) is 24.7 Å². The largest absolute Gasteiger partial charge is 0.377 e. The Labute approximate surface area is 84.4 Å². The van der Waals surface area contributed by atoms with Gasteiger partial charge in [-0.15, -0.1) is 0 Å². The van der Waals surface area contributed by atoms with E-state index in [-0.39, 0.29) is 0 Å². The van der Waals surface area contributed by atoms with Crippen LogP contribution in [0.15, 0.2) is 0 Å². The highest BCUT2D eigenvalue weighted by atomic mass is 32.2. The van der Waals surface area contributed by atoms with Crippen LogP contribution in [0.1, 0.15) is 25.7 Å². The van der Waals surface area contributed by atoms with Gasteiger partial charge in [0.15, 0.2) is 0 Å². The molecule has 2 fully saturated rings. The Morgan fingerprint density at radius 2 is 1.46 bits per heavy atom. The van der Waals surface area contributed by atoms with Gasteiger partial charge in [0.1, 0.15) is 0 Å². The van der Waals surface area contributed by atoms with E-state index in [0.29, 0.717) is 12.2 Å². The topological polar surface area (TPSA) is 18.5 Å². The highest BCUT2D eigenvalue weighted by Gasteiger charge is 2.18. The average molecular weight is 202 g/mol. The van der Waals surface area contributed by atoms with Crippen molar-refractivity contribution in [2.24, 2.45) is 0 Å². The van der Waals surface area contributed by atoms with Gasteiger partial charge in [-0.1, -0.05) is 0 Å². The summed E-state index contributed by atoms with van der Waals surface area (Å²) in [4.78, 5) is 0. The van der Waals surface area contributed by atoms with Crippen molar-refractivity contribution in [3.8, 4) is 0 Å². The highest BCUT2D eigenvalue weighted by molar-refractivity contribution is 7.99. The standard InChI is InChI=1S/C10H18O2S/c1-3-9(11-5-1)7-13-8-10-4-2-6-12-10/h9-10H,1-8H2/t9-,10-/m1/s1. The smallest absolute Gasteiger partial charge is 0.0666 e. The van der Waals surface area contributed by atoms with Crippen LogP contribution in [-0.2, 0) is 9.47 Å². The Bertz CT molecular complexity index is 124. The molecule has 0 spiro atoms. The maximum atomic E-state index is 5.56. The van der Waals surface area contributed by atoms with Crippen LogP contribution in [0.4, 0.5) is 0 Å². The summed E-state index contributed by atoms with van der Waals surface area (Å²) < 4.78 is 11.1. The van der Waals surface area contributed by atoms with Crippen molar-refractivity contribution >= 4 is 11.8 Å². The van der Waals surface area contributed by atoms with Crippen LogP contribution in [0.25, 0.3) is 0 Å². The molecule has 2 nitrogen and oxygen atoms in total. The van der Waals surface area contributed by atoms with Crippen molar-refractivity contribution in [3.05, 3.63) is 0 Å². The van der Waals surface area contributed by atoms with Gasteiger partial charge >= 0.3 is 0 Å². The molecule has 0 N–H and O–H groups in total. The molecule has 0 aromatic rings. The van der Waals surface area contributed by atoms with Crippen LogP contribution >= 0.6 is 11.8 Å². The van der Waals surface area contributed by atoms with E-state index in [1.54, 1.807) is 0 Å². The minimum absolute atomic E-state index is 0.534. The fourth-order valence-corrected chi connectivity index (χ4v) is 3.07. The second-order valence-corrected chi connectivity index (χ2v) is 4.88. The van der Waals surface area contributed by atoms with Crippen LogP contribution in [0.5, 0.6) is 0 Å². The van der Waals surface area contributed by atoms with Gasteiger partial charge in [-0.25, -0.2) is 0 Å². The summed E-state index contributed by atoms with van der Waals surface area (Å²) in [6.45, 7) is 1.95. The quantitative estimate of drug-likeness (QED) is 0.695. The predicted molar refractivity (Wildman–Crippen MR) is 55.3 cm³/mol. The minimum atomic E-state index is 0.534. The van der Waals surface area contributed by atoms with Gasteiger partial charge in [0.25, 0.3) is 0 Å². The van der Waals surface area contributed by atoms with E-state index in [1.807, 2.05) is 11.8 Å². The van der Waals surface area contributed by atoms with Gasteiger partial charge < -0.3 is 9.47 Å². The first kappa shape index (κ1) is 9.81. The van der Waals surface area contributed by atoms with E-state index in [2.05, 4.69) is 0 Å². The first-order chi connectivity index (χ1) is 6.45. The second kappa shape index (κ2) is 5.23. The molecule has 0 aromatic heterocycles. The van der Waals surface area contributed by atoms with Gasteiger partial charge in [0.05, 0.1) is 12.2 Å². The SMILES string of the molecule is C1CO[C@@H](CSC[C@H]2CCCO2)C1. The summed E-state index contributed by atoms with van der Waals surface area (Å²) in [7, 11) is 0. The zero-order valence-corrected chi connectivity index (χ0v) is 8.85. The Morgan fingerprint density at radius 1 is 0.923 bits per heavy atom.